The summed E-state index contributed by atoms with van der Waals surface area (Å²) in [5.74, 6) is 0.272. The zero-order valence-electron chi connectivity index (χ0n) is 25.7. The summed E-state index contributed by atoms with van der Waals surface area (Å²) in [4.78, 5) is 42.6. The molecule has 0 spiro atoms. The molecule has 0 aliphatic carbocycles. The van der Waals surface area contributed by atoms with Crippen LogP contribution in [0.4, 0.5) is 10.5 Å². The van der Waals surface area contributed by atoms with Gasteiger partial charge in [-0.15, -0.1) is 0 Å². The maximum atomic E-state index is 13.6. The van der Waals surface area contributed by atoms with Crippen molar-refractivity contribution in [2.45, 2.75) is 91.5 Å². The zero-order valence-corrected chi connectivity index (χ0v) is 25.7. The third-order valence-corrected chi connectivity index (χ3v) is 8.30. The number of hydrogen-bond donors (Lipinski definition) is 2. The molecule has 1 aromatic carbocycles. The van der Waals surface area contributed by atoms with Crippen LogP contribution in [0.15, 0.2) is 12.1 Å². The van der Waals surface area contributed by atoms with Crippen molar-refractivity contribution in [2.75, 3.05) is 44.3 Å². The number of amides is 3. The molecule has 0 bridgehead atoms. The van der Waals surface area contributed by atoms with Crippen LogP contribution in [0.3, 0.4) is 0 Å². The standard InChI is InChI=1S/C31H48N4O6/c1-8-35(22-9-11-39-12-10-22)27-15-23(40-24-17-34(18-24)30(38)41-31(5,6)7)14-25(21(27)4)28(36)32-16-26-19(2)13-20(3)33-29(26)37/h14-15,19-20,22,24,26H,8-13,16-18H2,1-7H3,(H,32,36)(H,33,37). The Labute approximate surface area is 244 Å². The molecule has 3 aliphatic heterocycles. The quantitative estimate of drug-likeness (QED) is 0.487. The van der Waals surface area contributed by atoms with E-state index in [1.54, 1.807) is 11.0 Å². The maximum Gasteiger partial charge on any atom is 0.410 e. The second kappa shape index (κ2) is 12.9. The van der Waals surface area contributed by atoms with Crippen LogP contribution in [-0.2, 0) is 14.3 Å². The highest BCUT2D eigenvalue weighted by Gasteiger charge is 2.36. The average Bonchev–Trinajstić information content (AvgIpc) is 2.86. The number of carbonyl (C=O) groups is 3. The highest BCUT2D eigenvalue weighted by molar-refractivity contribution is 5.98. The van der Waals surface area contributed by atoms with Crippen LogP contribution >= 0.6 is 0 Å². The summed E-state index contributed by atoms with van der Waals surface area (Å²) in [6.45, 7) is 17.0. The van der Waals surface area contributed by atoms with E-state index in [4.69, 9.17) is 14.2 Å². The average molecular weight is 573 g/mol. The fourth-order valence-electron chi connectivity index (χ4n) is 6.06. The lowest BCUT2D eigenvalue weighted by atomic mass is 9.84. The highest BCUT2D eigenvalue weighted by atomic mass is 16.6. The van der Waals surface area contributed by atoms with Crippen LogP contribution in [0.25, 0.3) is 0 Å². The SMILES string of the molecule is CCN(c1cc(OC2CN(C(=O)OC(C)(C)C)C2)cc(C(=O)NCC2C(=O)NC(C)CC2C)c1C)C1CCOCC1. The molecule has 10 heteroatoms. The Morgan fingerprint density at radius 2 is 1.85 bits per heavy atom. The van der Waals surface area contributed by atoms with E-state index in [0.717, 1.165) is 37.1 Å². The molecule has 228 valence electrons. The molecular formula is C31H48N4O6. The monoisotopic (exact) mass is 572 g/mol. The van der Waals surface area contributed by atoms with Gasteiger partial charge in [0.05, 0.1) is 19.0 Å². The highest BCUT2D eigenvalue weighted by Crippen LogP contribution is 2.34. The molecule has 3 saturated heterocycles. The van der Waals surface area contributed by atoms with Crippen molar-refractivity contribution >= 4 is 23.6 Å². The lowest BCUT2D eigenvalue weighted by Gasteiger charge is -2.40. The molecular weight excluding hydrogens is 524 g/mol. The van der Waals surface area contributed by atoms with E-state index >= 15 is 0 Å². The second-order valence-electron chi connectivity index (χ2n) is 12.8. The number of ether oxygens (including phenoxy) is 3. The van der Waals surface area contributed by atoms with Gasteiger partial charge in [-0.2, -0.15) is 0 Å². The van der Waals surface area contributed by atoms with Crippen LogP contribution in [0, 0.1) is 18.8 Å². The molecule has 3 fully saturated rings. The van der Waals surface area contributed by atoms with Gasteiger partial charge in [-0.1, -0.05) is 6.92 Å². The fraction of sp³-hybridized carbons (Fsp3) is 0.710. The van der Waals surface area contributed by atoms with E-state index in [1.165, 1.54) is 0 Å². The number of benzene rings is 1. The predicted molar refractivity (Wildman–Crippen MR) is 157 cm³/mol. The van der Waals surface area contributed by atoms with Gasteiger partial charge >= 0.3 is 6.09 Å². The lowest BCUT2D eigenvalue weighted by molar-refractivity contribution is -0.129. The van der Waals surface area contributed by atoms with E-state index in [1.807, 2.05) is 40.7 Å². The van der Waals surface area contributed by atoms with Gasteiger partial charge in [0.15, 0.2) is 0 Å². The van der Waals surface area contributed by atoms with E-state index < -0.39 is 5.60 Å². The van der Waals surface area contributed by atoms with E-state index in [2.05, 4.69) is 29.4 Å². The van der Waals surface area contributed by atoms with E-state index in [0.29, 0.717) is 43.7 Å². The minimum atomic E-state index is -0.556. The summed E-state index contributed by atoms with van der Waals surface area (Å²) in [5.41, 5.74) is 1.81. The molecule has 3 atom stereocenters. The number of hydrogen-bond acceptors (Lipinski definition) is 7. The molecule has 4 rings (SSSR count). The van der Waals surface area contributed by atoms with Gasteiger partial charge in [-0.05, 0) is 78.4 Å². The summed E-state index contributed by atoms with van der Waals surface area (Å²) in [6.07, 6.45) is 2.17. The predicted octanol–water partition coefficient (Wildman–Crippen LogP) is 3.89. The van der Waals surface area contributed by atoms with Gasteiger partial charge in [0.25, 0.3) is 5.91 Å². The first-order valence-corrected chi connectivity index (χ1v) is 15.1. The molecule has 0 saturated carbocycles. The van der Waals surface area contributed by atoms with Crippen molar-refractivity contribution in [1.82, 2.24) is 15.5 Å². The van der Waals surface area contributed by atoms with Crippen LogP contribution < -0.4 is 20.3 Å². The Bertz CT molecular complexity index is 1110. The summed E-state index contributed by atoms with van der Waals surface area (Å²) >= 11 is 0. The molecule has 10 nitrogen and oxygen atoms in total. The minimum absolute atomic E-state index is 0.0118. The summed E-state index contributed by atoms with van der Waals surface area (Å²) < 4.78 is 17.4. The first kappa shape index (κ1) is 30.9. The summed E-state index contributed by atoms with van der Waals surface area (Å²) in [6, 6.07) is 4.25. The number of nitrogens with zero attached hydrogens (tertiary/aromatic N) is 2. The van der Waals surface area contributed by atoms with Crippen LogP contribution in [-0.4, -0.2) is 86.0 Å². The summed E-state index contributed by atoms with van der Waals surface area (Å²) in [5, 5.41) is 6.04. The number of nitrogens with one attached hydrogen (secondary N) is 2. The molecule has 2 N–H and O–H groups in total. The molecule has 3 aliphatic rings. The normalized spacial score (nSPS) is 23.8. The first-order valence-electron chi connectivity index (χ1n) is 15.1. The van der Waals surface area contributed by atoms with Crippen LogP contribution in [0.1, 0.15) is 76.7 Å². The van der Waals surface area contributed by atoms with Gasteiger partial charge in [0.1, 0.15) is 17.5 Å². The minimum Gasteiger partial charge on any atom is -0.487 e. The topological polar surface area (TPSA) is 109 Å². The molecule has 1 aromatic rings. The van der Waals surface area contributed by atoms with Gasteiger partial charge in [0, 0.05) is 55.7 Å². The largest absolute Gasteiger partial charge is 0.487 e. The van der Waals surface area contributed by atoms with Crippen molar-refractivity contribution in [3.8, 4) is 5.75 Å². The van der Waals surface area contributed by atoms with E-state index in [-0.39, 0.29) is 48.4 Å². The van der Waals surface area contributed by atoms with Crippen molar-refractivity contribution < 1.29 is 28.6 Å². The van der Waals surface area contributed by atoms with E-state index in [9.17, 15) is 14.4 Å². The Kier molecular flexibility index (Phi) is 9.72. The number of likely N-dealkylation sites (tertiary alicyclic amines) is 1. The Morgan fingerprint density at radius 1 is 1.17 bits per heavy atom. The molecule has 3 heterocycles. The number of carbonyl (C=O) groups excluding carboxylic acids is 3. The van der Waals surface area contributed by atoms with Crippen LogP contribution in [0.5, 0.6) is 5.75 Å². The van der Waals surface area contributed by atoms with Crippen LogP contribution in [0.2, 0.25) is 0 Å². The van der Waals surface area contributed by atoms with Gasteiger partial charge < -0.3 is 34.6 Å². The molecule has 0 radical (unpaired) electrons. The molecule has 0 aromatic heterocycles. The van der Waals surface area contributed by atoms with Crippen molar-refractivity contribution in [2.24, 2.45) is 11.8 Å². The number of anilines is 1. The third-order valence-electron chi connectivity index (χ3n) is 8.30. The Morgan fingerprint density at radius 3 is 2.46 bits per heavy atom. The third kappa shape index (κ3) is 7.64. The maximum absolute atomic E-state index is 13.6. The Balaban J connectivity index is 1.53. The Hall–Kier alpha value is -3.01. The molecule has 41 heavy (non-hydrogen) atoms. The number of piperidine rings is 1. The molecule has 3 amide bonds. The van der Waals surface area contributed by atoms with Gasteiger partial charge in [-0.3, -0.25) is 9.59 Å². The van der Waals surface area contributed by atoms with Gasteiger partial charge in [0.2, 0.25) is 5.91 Å². The van der Waals surface area contributed by atoms with Crippen molar-refractivity contribution in [3.63, 3.8) is 0 Å². The molecule has 3 unspecified atom stereocenters. The second-order valence-corrected chi connectivity index (χ2v) is 12.8. The summed E-state index contributed by atoms with van der Waals surface area (Å²) in [7, 11) is 0. The van der Waals surface area contributed by atoms with Crippen molar-refractivity contribution in [1.29, 1.82) is 0 Å². The smallest absolute Gasteiger partial charge is 0.410 e. The fourth-order valence-corrected chi connectivity index (χ4v) is 6.06. The zero-order chi connectivity index (χ0) is 29.9. The first-order chi connectivity index (χ1) is 19.4. The van der Waals surface area contributed by atoms with Gasteiger partial charge in [-0.25, -0.2) is 4.79 Å². The lowest BCUT2D eigenvalue weighted by Crippen LogP contribution is -2.57. The number of rotatable bonds is 8. The van der Waals surface area contributed by atoms with Crippen molar-refractivity contribution in [3.05, 3.63) is 23.3 Å².